The molecule has 1 N–H and O–H groups in total. The van der Waals surface area contributed by atoms with Crippen LogP contribution >= 0.6 is 11.3 Å². The van der Waals surface area contributed by atoms with Gasteiger partial charge < -0.3 is 5.32 Å². The maximum atomic E-state index is 12.8. The van der Waals surface area contributed by atoms with Gasteiger partial charge in [-0.25, -0.2) is 9.67 Å². The molecule has 7 heteroatoms. The lowest BCUT2D eigenvalue weighted by atomic mass is 10.0. The minimum atomic E-state index is -0.223. The van der Waals surface area contributed by atoms with Crippen molar-refractivity contribution in [3.05, 3.63) is 62.0 Å². The van der Waals surface area contributed by atoms with Gasteiger partial charge in [0, 0.05) is 12.7 Å². The molecule has 1 aromatic carbocycles. The maximum absolute atomic E-state index is 12.8. The first-order valence-corrected chi connectivity index (χ1v) is 9.94. The van der Waals surface area contributed by atoms with Gasteiger partial charge in [0.1, 0.15) is 9.88 Å². The Morgan fingerprint density at radius 2 is 1.75 bits per heavy atom. The van der Waals surface area contributed by atoms with Gasteiger partial charge in [-0.15, -0.1) is 11.3 Å². The summed E-state index contributed by atoms with van der Waals surface area (Å²) in [5.74, 6) is 0.213. The molecular formula is C21H24N4O2S. The van der Waals surface area contributed by atoms with Crippen molar-refractivity contribution in [2.75, 3.05) is 5.32 Å². The van der Waals surface area contributed by atoms with Crippen LogP contribution in [0.5, 0.6) is 0 Å². The lowest BCUT2D eigenvalue weighted by molar-refractivity contribution is 0.103. The molecule has 28 heavy (non-hydrogen) atoms. The Kier molecular flexibility index (Phi) is 5.47. The minimum absolute atomic E-state index is 0.215. The lowest BCUT2D eigenvalue weighted by Gasteiger charge is -2.08. The molecule has 0 spiro atoms. The fraction of sp³-hybridized carbons (Fsp3) is 0.333. The molecule has 0 atom stereocenters. The van der Waals surface area contributed by atoms with E-state index in [4.69, 9.17) is 0 Å². The number of benzene rings is 1. The van der Waals surface area contributed by atoms with E-state index in [1.165, 1.54) is 21.6 Å². The number of amides is 1. The van der Waals surface area contributed by atoms with E-state index in [1.807, 2.05) is 38.1 Å². The molecule has 1 amide bonds. The molecule has 3 aromatic rings. The first-order chi connectivity index (χ1) is 13.2. The van der Waals surface area contributed by atoms with Crippen molar-refractivity contribution in [2.45, 2.75) is 40.5 Å². The summed E-state index contributed by atoms with van der Waals surface area (Å²) in [6.45, 7) is 9.75. The van der Waals surface area contributed by atoms with Gasteiger partial charge in [-0.1, -0.05) is 26.0 Å². The Hall–Kier alpha value is -2.80. The quantitative estimate of drug-likeness (QED) is 0.717. The summed E-state index contributed by atoms with van der Waals surface area (Å²) in [5.41, 5.74) is 4.39. The van der Waals surface area contributed by atoms with Crippen LogP contribution in [-0.4, -0.2) is 20.7 Å². The number of carbonyl (C=O) groups excluding carboxylic acids is 1. The maximum Gasteiger partial charge on any atom is 0.277 e. The minimum Gasteiger partial charge on any atom is -0.321 e. The van der Waals surface area contributed by atoms with E-state index in [1.54, 1.807) is 14.0 Å². The van der Waals surface area contributed by atoms with Crippen LogP contribution in [-0.2, 0) is 7.05 Å². The van der Waals surface area contributed by atoms with Crippen molar-refractivity contribution in [3.8, 4) is 10.6 Å². The fourth-order valence-electron chi connectivity index (χ4n) is 2.95. The van der Waals surface area contributed by atoms with Gasteiger partial charge >= 0.3 is 0 Å². The van der Waals surface area contributed by atoms with E-state index >= 15 is 0 Å². The van der Waals surface area contributed by atoms with Crippen LogP contribution in [0.1, 0.15) is 52.0 Å². The zero-order chi connectivity index (χ0) is 20.6. The van der Waals surface area contributed by atoms with Gasteiger partial charge in [0.15, 0.2) is 0 Å². The van der Waals surface area contributed by atoms with Crippen LogP contribution in [0.2, 0.25) is 0 Å². The third-order valence-electron chi connectivity index (χ3n) is 4.78. The highest BCUT2D eigenvalue weighted by Crippen LogP contribution is 2.29. The van der Waals surface area contributed by atoms with Crippen LogP contribution in [0.15, 0.2) is 29.1 Å². The standard InChI is InChI=1S/C21H24N4O2S/c1-11(2)15-7-9-16(10-8-15)23-19(26)18-14(5)22-20(28-18)17-12(3)13(4)24-25(6)21(17)27/h7-11H,1-6H3,(H,23,26). The normalized spacial score (nSPS) is 11.1. The molecule has 6 nitrogen and oxygen atoms in total. The number of carbonyl (C=O) groups is 1. The van der Waals surface area contributed by atoms with E-state index in [0.29, 0.717) is 27.1 Å². The van der Waals surface area contributed by atoms with Gasteiger partial charge in [0.2, 0.25) is 0 Å². The molecule has 0 saturated heterocycles. The summed E-state index contributed by atoms with van der Waals surface area (Å²) >= 11 is 1.23. The van der Waals surface area contributed by atoms with Crippen molar-refractivity contribution in [2.24, 2.45) is 7.05 Å². The average Bonchev–Trinajstić information content (AvgIpc) is 3.02. The Labute approximate surface area is 168 Å². The Bertz CT molecular complexity index is 1090. The zero-order valence-electron chi connectivity index (χ0n) is 17.0. The second kappa shape index (κ2) is 7.67. The van der Waals surface area contributed by atoms with Gasteiger partial charge in [0.25, 0.3) is 11.5 Å². The first-order valence-electron chi connectivity index (χ1n) is 9.12. The Balaban J connectivity index is 1.93. The monoisotopic (exact) mass is 396 g/mol. The summed E-state index contributed by atoms with van der Waals surface area (Å²) < 4.78 is 1.31. The number of hydrogen-bond donors (Lipinski definition) is 1. The molecule has 0 aliphatic rings. The molecule has 2 aromatic heterocycles. The highest BCUT2D eigenvalue weighted by atomic mass is 32.1. The summed E-state index contributed by atoms with van der Waals surface area (Å²) in [5, 5.41) is 7.66. The SMILES string of the molecule is Cc1nc(-c2c(C)c(C)nn(C)c2=O)sc1C(=O)Nc1ccc(C(C)C)cc1. The average molecular weight is 397 g/mol. The summed E-state index contributed by atoms with van der Waals surface area (Å²) in [4.78, 5) is 30.3. The van der Waals surface area contributed by atoms with E-state index < -0.39 is 0 Å². The molecule has 2 heterocycles. The molecule has 146 valence electrons. The van der Waals surface area contributed by atoms with Crippen LogP contribution in [0, 0.1) is 20.8 Å². The number of anilines is 1. The summed E-state index contributed by atoms with van der Waals surface area (Å²) in [7, 11) is 1.62. The summed E-state index contributed by atoms with van der Waals surface area (Å²) in [6, 6.07) is 7.82. The molecule has 0 aliphatic heterocycles. The molecule has 3 rings (SSSR count). The Morgan fingerprint density at radius 3 is 2.36 bits per heavy atom. The molecule has 0 radical (unpaired) electrons. The first kappa shape index (κ1) is 19.9. The number of nitrogens with one attached hydrogen (secondary N) is 1. The van der Waals surface area contributed by atoms with Crippen molar-refractivity contribution in [3.63, 3.8) is 0 Å². The number of hydrogen-bond acceptors (Lipinski definition) is 5. The molecule has 0 aliphatic carbocycles. The lowest BCUT2D eigenvalue weighted by Crippen LogP contribution is -2.23. The molecule has 0 unspecified atom stereocenters. The van der Waals surface area contributed by atoms with Crippen LogP contribution in [0.25, 0.3) is 10.6 Å². The predicted molar refractivity (Wildman–Crippen MR) is 113 cm³/mol. The van der Waals surface area contributed by atoms with Gasteiger partial charge in [0.05, 0.1) is 17.0 Å². The van der Waals surface area contributed by atoms with Gasteiger partial charge in [-0.05, 0) is 49.9 Å². The second-order valence-corrected chi connectivity index (χ2v) is 8.18. The second-order valence-electron chi connectivity index (χ2n) is 7.18. The Morgan fingerprint density at radius 1 is 1.11 bits per heavy atom. The highest BCUT2D eigenvalue weighted by molar-refractivity contribution is 7.17. The van der Waals surface area contributed by atoms with Crippen molar-refractivity contribution < 1.29 is 4.79 Å². The van der Waals surface area contributed by atoms with Gasteiger partial charge in [-0.3, -0.25) is 9.59 Å². The topological polar surface area (TPSA) is 76.9 Å². The number of rotatable bonds is 4. The van der Waals surface area contributed by atoms with Crippen LogP contribution < -0.4 is 10.9 Å². The van der Waals surface area contributed by atoms with Crippen LogP contribution in [0.3, 0.4) is 0 Å². The smallest absolute Gasteiger partial charge is 0.277 e. The van der Waals surface area contributed by atoms with Crippen molar-refractivity contribution in [1.82, 2.24) is 14.8 Å². The highest BCUT2D eigenvalue weighted by Gasteiger charge is 2.21. The third-order valence-corrected chi connectivity index (χ3v) is 5.95. The molecule has 0 fully saturated rings. The predicted octanol–water partition coefficient (Wildman–Crippen LogP) is 4.20. The molecular weight excluding hydrogens is 372 g/mol. The van der Waals surface area contributed by atoms with E-state index in [9.17, 15) is 9.59 Å². The van der Waals surface area contributed by atoms with Crippen molar-refractivity contribution >= 4 is 22.9 Å². The van der Waals surface area contributed by atoms with E-state index in [2.05, 4.69) is 29.2 Å². The molecule has 0 saturated carbocycles. The number of nitrogens with zero attached hydrogens (tertiary/aromatic N) is 3. The molecule has 0 bridgehead atoms. The van der Waals surface area contributed by atoms with Crippen LogP contribution in [0.4, 0.5) is 5.69 Å². The number of aromatic nitrogens is 3. The van der Waals surface area contributed by atoms with E-state index in [0.717, 1.165) is 16.9 Å². The summed E-state index contributed by atoms with van der Waals surface area (Å²) in [6.07, 6.45) is 0. The van der Waals surface area contributed by atoms with Gasteiger partial charge in [-0.2, -0.15) is 5.10 Å². The van der Waals surface area contributed by atoms with Crippen molar-refractivity contribution in [1.29, 1.82) is 0 Å². The zero-order valence-corrected chi connectivity index (χ0v) is 17.8. The number of aryl methyl sites for hydroxylation is 3. The number of thiazole rings is 1. The van der Waals surface area contributed by atoms with E-state index in [-0.39, 0.29) is 11.5 Å². The fourth-order valence-corrected chi connectivity index (χ4v) is 4.01. The third kappa shape index (κ3) is 3.75. The largest absolute Gasteiger partial charge is 0.321 e.